The highest BCUT2D eigenvalue weighted by atomic mass is 32.1. The molecular formula is C21H25N3O2S2. The lowest BCUT2D eigenvalue weighted by molar-refractivity contribution is -0.120. The van der Waals surface area contributed by atoms with Gasteiger partial charge in [-0.05, 0) is 49.0 Å². The molecule has 1 aromatic heterocycles. The fourth-order valence-electron chi connectivity index (χ4n) is 3.68. The fourth-order valence-corrected chi connectivity index (χ4v) is 5.21. The molecule has 0 spiro atoms. The van der Waals surface area contributed by atoms with Crippen molar-refractivity contribution in [3.05, 3.63) is 51.9 Å². The van der Waals surface area contributed by atoms with Crippen LogP contribution in [0, 0.1) is 12.8 Å². The van der Waals surface area contributed by atoms with Gasteiger partial charge in [0, 0.05) is 17.7 Å². The highest BCUT2D eigenvalue weighted by molar-refractivity contribution is 7.80. The standard InChI is InChI=1S/C21H25N3O2S2/c1-13-16(11-14-7-3-2-4-8-14)28-20(18(13)19(22)26)24-21(27)23-17(25)12-15-9-5-6-10-15/h2-4,7-8,15H,5-6,9-12H2,1H3,(H2,22,26)(H2,23,24,25,27). The molecule has 0 saturated heterocycles. The predicted octanol–water partition coefficient (Wildman–Crippen LogP) is 4.14. The molecule has 7 heteroatoms. The van der Waals surface area contributed by atoms with Gasteiger partial charge in [0.15, 0.2) is 5.11 Å². The SMILES string of the molecule is Cc1c(Cc2ccccc2)sc(NC(=S)NC(=O)CC2CCCC2)c1C(N)=O. The number of nitrogens with one attached hydrogen (secondary N) is 2. The Morgan fingerprint density at radius 2 is 1.89 bits per heavy atom. The molecule has 5 nitrogen and oxygen atoms in total. The second kappa shape index (κ2) is 9.30. The fraction of sp³-hybridized carbons (Fsp3) is 0.381. The minimum absolute atomic E-state index is 0.0807. The number of thiophene rings is 1. The van der Waals surface area contributed by atoms with Crippen molar-refractivity contribution in [1.29, 1.82) is 0 Å². The molecule has 0 aliphatic heterocycles. The average molecular weight is 416 g/mol. The van der Waals surface area contributed by atoms with Crippen molar-refractivity contribution < 1.29 is 9.59 Å². The Balaban J connectivity index is 1.69. The number of amides is 2. The van der Waals surface area contributed by atoms with Crippen molar-refractivity contribution in [1.82, 2.24) is 5.32 Å². The van der Waals surface area contributed by atoms with Crippen molar-refractivity contribution in [2.24, 2.45) is 11.7 Å². The Morgan fingerprint density at radius 3 is 2.54 bits per heavy atom. The largest absolute Gasteiger partial charge is 0.365 e. The van der Waals surface area contributed by atoms with E-state index in [1.165, 1.54) is 24.2 Å². The van der Waals surface area contributed by atoms with Gasteiger partial charge in [0.1, 0.15) is 5.00 Å². The zero-order valence-corrected chi connectivity index (χ0v) is 17.6. The molecule has 1 aliphatic carbocycles. The number of carbonyl (C=O) groups excluding carboxylic acids is 2. The third-order valence-corrected chi connectivity index (χ3v) is 6.54. The summed E-state index contributed by atoms with van der Waals surface area (Å²) in [5.41, 5.74) is 8.04. The van der Waals surface area contributed by atoms with Gasteiger partial charge in [0.05, 0.1) is 5.56 Å². The van der Waals surface area contributed by atoms with Gasteiger partial charge in [-0.1, -0.05) is 43.2 Å². The summed E-state index contributed by atoms with van der Waals surface area (Å²) in [7, 11) is 0. The molecule has 0 unspecified atom stereocenters. The van der Waals surface area contributed by atoms with Gasteiger partial charge in [-0.2, -0.15) is 0 Å². The molecule has 1 aliphatic rings. The second-order valence-corrected chi connectivity index (χ2v) is 8.75. The quantitative estimate of drug-likeness (QED) is 0.619. The minimum Gasteiger partial charge on any atom is -0.365 e. The lowest BCUT2D eigenvalue weighted by Crippen LogP contribution is -2.35. The van der Waals surface area contributed by atoms with Gasteiger partial charge in [0.2, 0.25) is 5.91 Å². The molecule has 1 heterocycles. The van der Waals surface area contributed by atoms with Gasteiger partial charge in [-0.25, -0.2) is 0 Å². The van der Waals surface area contributed by atoms with Gasteiger partial charge >= 0.3 is 0 Å². The number of benzene rings is 1. The zero-order valence-electron chi connectivity index (χ0n) is 15.9. The van der Waals surface area contributed by atoms with Crippen molar-refractivity contribution in [3.63, 3.8) is 0 Å². The smallest absolute Gasteiger partial charge is 0.251 e. The molecule has 2 amide bonds. The molecule has 28 heavy (non-hydrogen) atoms. The van der Waals surface area contributed by atoms with E-state index in [4.69, 9.17) is 18.0 Å². The Bertz CT molecular complexity index is 871. The highest BCUT2D eigenvalue weighted by Crippen LogP contribution is 2.34. The molecule has 148 valence electrons. The number of hydrogen-bond acceptors (Lipinski definition) is 4. The number of primary amides is 1. The molecule has 3 rings (SSSR count). The van der Waals surface area contributed by atoms with Crippen molar-refractivity contribution in [2.45, 2.75) is 45.4 Å². The third kappa shape index (κ3) is 5.17. The molecule has 0 radical (unpaired) electrons. The Morgan fingerprint density at radius 1 is 1.21 bits per heavy atom. The molecule has 1 fully saturated rings. The molecule has 1 saturated carbocycles. The van der Waals surface area contributed by atoms with Crippen LogP contribution in [0.2, 0.25) is 0 Å². The van der Waals surface area contributed by atoms with Gasteiger partial charge in [-0.3, -0.25) is 9.59 Å². The van der Waals surface area contributed by atoms with Crippen LogP contribution in [-0.4, -0.2) is 16.9 Å². The monoisotopic (exact) mass is 415 g/mol. The lowest BCUT2D eigenvalue weighted by Gasteiger charge is -2.11. The number of thiocarbonyl (C=S) groups is 1. The molecular weight excluding hydrogens is 390 g/mol. The number of nitrogens with two attached hydrogens (primary N) is 1. The van der Waals surface area contributed by atoms with E-state index in [1.807, 2.05) is 37.3 Å². The van der Waals surface area contributed by atoms with Crippen LogP contribution in [0.3, 0.4) is 0 Å². The Labute approximate surface area is 174 Å². The van der Waals surface area contributed by atoms with E-state index in [0.717, 1.165) is 28.8 Å². The first-order valence-corrected chi connectivity index (χ1v) is 10.7. The predicted molar refractivity (Wildman–Crippen MR) is 118 cm³/mol. The van der Waals surface area contributed by atoms with E-state index in [2.05, 4.69) is 10.6 Å². The van der Waals surface area contributed by atoms with E-state index in [-0.39, 0.29) is 11.0 Å². The van der Waals surface area contributed by atoms with E-state index in [1.54, 1.807) is 0 Å². The first-order valence-electron chi connectivity index (χ1n) is 9.51. The second-order valence-electron chi connectivity index (χ2n) is 7.24. The van der Waals surface area contributed by atoms with Gasteiger partial charge in [-0.15, -0.1) is 11.3 Å². The number of anilines is 1. The molecule has 0 atom stereocenters. The van der Waals surface area contributed by atoms with Crippen LogP contribution in [0.25, 0.3) is 0 Å². The van der Waals surface area contributed by atoms with Crippen molar-refractivity contribution in [3.8, 4) is 0 Å². The van der Waals surface area contributed by atoms with E-state index in [9.17, 15) is 9.59 Å². The van der Waals surface area contributed by atoms with Crippen LogP contribution >= 0.6 is 23.6 Å². The van der Waals surface area contributed by atoms with Gasteiger partial charge < -0.3 is 16.4 Å². The Kier molecular flexibility index (Phi) is 6.80. The summed E-state index contributed by atoms with van der Waals surface area (Å²) in [5.74, 6) is -0.135. The van der Waals surface area contributed by atoms with E-state index < -0.39 is 5.91 Å². The maximum atomic E-state index is 12.2. The van der Waals surface area contributed by atoms with Crippen LogP contribution in [0.1, 0.15) is 58.5 Å². The lowest BCUT2D eigenvalue weighted by atomic mass is 10.0. The maximum Gasteiger partial charge on any atom is 0.251 e. The zero-order chi connectivity index (χ0) is 20.1. The number of carbonyl (C=O) groups is 2. The van der Waals surface area contributed by atoms with E-state index in [0.29, 0.717) is 29.3 Å². The number of hydrogen-bond donors (Lipinski definition) is 3. The Hall–Kier alpha value is -2.25. The van der Waals surface area contributed by atoms with Crippen LogP contribution in [0.4, 0.5) is 5.00 Å². The minimum atomic E-state index is -0.504. The van der Waals surface area contributed by atoms with Crippen LogP contribution in [-0.2, 0) is 11.2 Å². The summed E-state index contributed by atoms with van der Waals surface area (Å²) in [6, 6.07) is 10.0. The van der Waals surface area contributed by atoms with Crippen molar-refractivity contribution in [2.75, 3.05) is 5.32 Å². The van der Waals surface area contributed by atoms with Crippen LogP contribution in [0.5, 0.6) is 0 Å². The van der Waals surface area contributed by atoms with Gasteiger partial charge in [0.25, 0.3) is 5.91 Å². The third-order valence-electron chi connectivity index (χ3n) is 5.13. The average Bonchev–Trinajstić information content (AvgIpc) is 3.24. The summed E-state index contributed by atoms with van der Waals surface area (Å²) in [6.07, 6.45) is 5.80. The molecule has 0 bridgehead atoms. The summed E-state index contributed by atoms with van der Waals surface area (Å²) >= 11 is 6.74. The first-order chi connectivity index (χ1) is 13.4. The topological polar surface area (TPSA) is 84.2 Å². The van der Waals surface area contributed by atoms with Crippen molar-refractivity contribution >= 4 is 45.5 Å². The molecule has 2 aromatic rings. The van der Waals surface area contributed by atoms with Crippen LogP contribution < -0.4 is 16.4 Å². The van der Waals surface area contributed by atoms with Crippen LogP contribution in [0.15, 0.2) is 30.3 Å². The molecule has 1 aromatic carbocycles. The summed E-state index contributed by atoms with van der Waals surface area (Å²) in [5, 5.41) is 6.54. The highest BCUT2D eigenvalue weighted by Gasteiger charge is 2.22. The summed E-state index contributed by atoms with van der Waals surface area (Å²) in [4.78, 5) is 25.2. The summed E-state index contributed by atoms with van der Waals surface area (Å²) in [6.45, 7) is 1.89. The van der Waals surface area contributed by atoms with E-state index >= 15 is 0 Å². The molecule has 4 N–H and O–H groups in total. The normalized spacial score (nSPS) is 14.0. The maximum absolute atomic E-state index is 12.2. The summed E-state index contributed by atoms with van der Waals surface area (Å²) < 4.78 is 0. The first kappa shape index (κ1) is 20.5. The number of rotatable bonds is 6.